The molecule has 5 nitrogen and oxygen atoms in total. The van der Waals surface area contributed by atoms with Gasteiger partial charge in [0.2, 0.25) is 11.8 Å². The molecular weight excluding hydrogens is 376 g/mol. The topological polar surface area (TPSA) is 58.6 Å². The highest BCUT2D eigenvalue weighted by Gasteiger charge is 2.26. The number of rotatable bonds is 11. The summed E-state index contributed by atoms with van der Waals surface area (Å²) in [6.45, 7) is 8.69. The Morgan fingerprint density at radius 1 is 1.03 bits per heavy atom. The van der Waals surface area contributed by atoms with E-state index in [1.165, 1.54) is 0 Å². The number of aryl methyl sites for hydroxylation is 1. The Kier molecular flexibility index (Phi) is 9.39. The molecule has 0 aromatic heterocycles. The van der Waals surface area contributed by atoms with E-state index in [1.54, 1.807) is 11.8 Å². The molecule has 0 aliphatic rings. The number of nitrogens with one attached hydrogen (secondary N) is 1. The summed E-state index contributed by atoms with van der Waals surface area (Å²) < 4.78 is 5.69. The van der Waals surface area contributed by atoms with Crippen LogP contribution < -0.4 is 10.1 Å². The summed E-state index contributed by atoms with van der Waals surface area (Å²) in [6.07, 6.45) is 1.78. The molecule has 2 amide bonds. The van der Waals surface area contributed by atoms with Crippen molar-refractivity contribution in [2.45, 2.75) is 65.6 Å². The third-order valence-corrected chi connectivity index (χ3v) is 5.19. The molecule has 0 aliphatic carbocycles. The fourth-order valence-corrected chi connectivity index (χ4v) is 3.01. The lowest BCUT2D eigenvalue weighted by atomic mass is 10.1. The van der Waals surface area contributed by atoms with Crippen molar-refractivity contribution < 1.29 is 14.3 Å². The van der Waals surface area contributed by atoms with E-state index in [0.29, 0.717) is 26.0 Å². The van der Waals surface area contributed by atoms with Gasteiger partial charge in [0.05, 0.1) is 6.61 Å². The van der Waals surface area contributed by atoms with Crippen molar-refractivity contribution >= 4 is 11.8 Å². The summed E-state index contributed by atoms with van der Waals surface area (Å²) in [5, 5.41) is 2.99. The molecule has 2 aromatic carbocycles. The molecule has 0 fully saturated rings. The quantitative estimate of drug-likeness (QED) is 0.556. The molecule has 30 heavy (non-hydrogen) atoms. The second-order valence-electron chi connectivity index (χ2n) is 7.77. The molecular formula is C25H34N2O3. The largest absolute Gasteiger partial charge is 0.494 e. The fraction of sp³-hybridized carbons (Fsp3) is 0.440. The van der Waals surface area contributed by atoms with E-state index in [0.717, 1.165) is 23.3 Å². The standard InChI is InChI=1S/C25H34N2O3/c1-5-20(3)26-25(29)21(4)27(18-22-15-13-19(2)14-16-22)24(28)12-9-17-30-23-10-7-6-8-11-23/h6-8,10-11,13-16,20-21H,5,9,12,17-18H2,1-4H3,(H,26,29)/t20-,21-/m0/s1. The number of benzene rings is 2. The smallest absolute Gasteiger partial charge is 0.242 e. The Bertz CT molecular complexity index is 790. The van der Waals surface area contributed by atoms with Crippen molar-refractivity contribution in [2.24, 2.45) is 0 Å². The van der Waals surface area contributed by atoms with Crippen LogP contribution in [0, 0.1) is 6.92 Å². The number of carbonyl (C=O) groups excluding carboxylic acids is 2. The number of hydrogen-bond acceptors (Lipinski definition) is 3. The molecule has 0 spiro atoms. The Hall–Kier alpha value is -2.82. The molecule has 0 radical (unpaired) electrons. The van der Waals surface area contributed by atoms with Gasteiger partial charge in [-0.25, -0.2) is 0 Å². The minimum absolute atomic E-state index is 0.0426. The van der Waals surface area contributed by atoms with E-state index in [-0.39, 0.29) is 17.9 Å². The predicted molar refractivity (Wildman–Crippen MR) is 120 cm³/mol. The monoisotopic (exact) mass is 410 g/mol. The Balaban J connectivity index is 2.00. The lowest BCUT2D eigenvalue weighted by Crippen LogP contribution is -2.49. The first-order valence-corrected chi connectivity index (χ1v) is 10.7. The third-order valence-electron chi connectivity index (χ3n) is 5.19. The summed E-state index contributed by atoms with van der Waals surface area (Å²) in [4.78, 5) is 27.4. The highest BCUT2D eigenvalue weighted by Crippen LogP contribution is 2.14. The predicted octanol–water partition coefficient (Wildman–Crippen LogP) is 4.49. The van der Waals surface area contributed by atoms with E-state index in [4.69, 9.17) is 4.74 Å². The molecule has 1 N–H and O–H groups in total. The number of carbonyl (C=O) groups is 2. The maximum atomic E-state index is 13.0. The van der Waals surface area contributed by atoms with Crippen LogP contribution in [0.4, 0.5) is 0 Å². The number of hydrogen-bond donors (Lipinski definition) is 1. The lowest BCUT2D eigenvalue weighted by Gasteiger charge is -2.30. The van der Waals surface area contributed by atoms with Gasteiger partial charge in [-0.2, -0.15) is 0 Å². The minimum atomic E-state index is -0.539. The Labute approximate surface area is 180 Å². The molecule has 0 saturated carbocycles. The highest BCUT2D eigenvalue weighted by molar-refractivity contribution is 5.87. The van der Waals surface area contributed by atoms with Crippen LogP contribution in [0.5, 0.6) is 5.75 Å². The van der Waals surface area contributed by atoms with Gasteiger partial charge in [0, 0.05) is 19.0 Å². The SMILES string of the molecule is CC[C@H](C)NC(=O)[C@H](C)N(Cc1ccc(C)cc1)C(=O)CCCOc1ccccc1. The zero-order valence-corrected chi connectivity index (χ0v) is 18.6. The second-order valence-corrected chi connectivity index (χ2v) is 7.77. The van der Waals surface area contributed by atoms with Crippen LogP contribution in [0.15, 0.2) is 54.6 Å². The van der Waals surface area contributed by atoms with Crippen LogP contribution >= 0.6 is 0 Å². The Morgan fingerprint density at radius 2 is 1.70 bits per heavy atom. The van der Waals surface area contributed by atoms with Crippen molar-refractivity contribution in [1.82, 2.24) is 10.2 Å². The summed E-state index contributed by atoms with van der Waals surface area (Å²) in [5.74, 6) is 0.632. The van der Waals surface area contributed by atoms with Crippen molar-refractivity contribution in [3.8, 4) is 5.75 Å². The molecule has 0 bridgehead atoms. The van der Waals surface area contributed by atoms with Gasteiger partial charge in [0.25, 0.3) is 0 Å². The molecule has 2 aromatic rings. The van der Waals surface area contributed by atoms with Gasteiger partial charge in [0.15, 0.2) is 0 Å². The van der Waals surface area contributed by atoms with Crippen molar-refractivity contribution in [3.63, 3.8) is 0 Å². The van der Waals surface area contributed by atoms with E-state index in [1.807, 2.05) is 75.4 Å². The zero-order valence-electron chi connectivity index (χ0n) is 18.6. The average molecular weight is 411 g/mol. The molecule has 2 atom stereocenters. The van der Waals surface area contributed by atoms with Gasteiger partial charge in [-0.05, 0) is 51.3 Å². The maximum Gasteiger partial charge on any atom is 0.242 e. The molecule has 0 unspecified atom stereocenters. The van der Waals surface area contributed by atoms with Gasteiger partial charge in [-0.3, -0.25) is 9.59 Å². The van der Waals surface area contributed by atoms with E-state index in [2.05, 4.69) is 5.32 Å². The van der Waals surface area contributed by atoms with Gasteiger partial charge in [-0.15, -0.1) is 0 Å². The second kappa shape index (κ2) is 12.0. The number of nitrogens with zero attached hydrogens (tertiary/aromatic N) is 1. The van der Waals surface area contributed by atoms with E-state index < -0.39 is 6.04 Å². The first-order chi connectivity index (χ1) is 14.4. The van der Waals surface area contributed by atoms with Crippen molar-refractivity contribution in [3.05, 3.63) is 65.7 Å². The van der Waals surface area contributed by atoms with E-state index in [9.17, 15) is 9.59 Å². The van der Waals surface area contributed by atoms with Crippen LogP contribution in [0.2, 0.25) is 0 Å². The van der Waals surface area contributed by atoms with Crippen LogP contribution in [0.3, 0.4) is 0 Å². The van der Waals surface area contributed by atoms with Crippen LogP contribution in [-0.2, 0) is 16.1 Å². The lowest BCUT2D eigenvalue weighted by molar-refractivity contribution is -0.141. The summed E-state index contributed by atoms with van der Waals surface area (Å²) in [6, 6.07) is 17.2. The first kappa shape index (κ1) is 23.5. The minimum Gasteiger partial charge on any atom is -0.494 e. The normalized spacial score (nSPS) is 12.7. The third kappa shape index (κ3) is 7.54. The zero-order chi connectivity index (χ0) is 21.9. The van der Waals surface area contributed by atoms with Crippen LogP contribution in [0.1, 0.15) is 51.2 Å². The van der Waals surface area contributed by atoms with Crippen molar-refractivity contribution in [2.75, 3.05) is 6.61 Å². The molecule has 0 saturated heterocycles. The molecule has 0 aliphatic heterocycles. The van der Waals surface area contributed by atoms with Gasteiger partial charge < -0.3 is 15.0 Å². The molecule has 2 rings (SSSR count). The van der Waals surface area contributed by atoms with Crippen LogP contribution in [-0.4, -0.2) is 35.4 Å². The van der Waals surface area contributed by atoms with E-state index >= 15 is 0 Å². The molecule has 162 valence electrons. The fourth-order valence-electron chi connectivity index (χ4n) is 3.01. The van der Waals surface area contributed by atoms with Crippen molar-refractivity contribution in [1.29, 1.82) is 0 Å². The molecule has 0 heterocycles. The van der Waals surface area contributed by atoms with Gasteiger partial charge >= 0.3 is 0 Å². The molecule has 5 heteroatoms. The number of amides is 2. The number of para-hydroxylation sites is 1. The summed E-state index contributed by atoms with van der Waals surface area (Å²) >= 11 is 0. The average Bonchev–Trinajstić information content (AvgIpc) is 2.76. The van der Waals surface area contributed by atoms with Crippen LogP contribution in [0.25, 0.3) is 0 Å². The Morgan fingerprint density at radius 3 is 2.33 bits per heavy atom. The maximum absolute atomic E-state index is 13.0. The first-order valence-electron chi connectivity index (χ1n) is 10.7. The van der Waals surface area contributed by atoms with Gasteiger partial charge in [-0.1, -0.05) is 55.0 Å². The highest BCUT2D eigenvalue weighted by atomic mass is 16.5. The summed E-state index contributed by atoms with van der Waals surface area (Å²) in [5.41, 5.74) is 2.18. The summed E-state index contributed by atoms with van der Waals surface area (Å²) in [7, 11) is 0. The number of ether oxygens (including phenoxy) is 1. The van der Waals surface area contributed by atoms with Gasteiger partial charge in [0.1, 0.15) is 11.8 Å².